The maximum absolute atomic E-state index is 11.3. The van der Waals surface area contributed by atoms with Crippen LogP contribution >= 0.6 is 23.2 Å². The van der Waals surface area contributed by atoms with Gasteiger partial charge in [0, 0.05) is 12.1 Å². The zero-order valence-electron chi connectivity index (χ0n) is 9.13. The number of amides is 1. The van der Waals surface area contributed by atoms with Crippen LogP contribution in [0.2, 0.25) is 10.0 Å². The molecule has 4 heteroatoms. The fourth-order valence-electron chi connectivity index (χ4n) is 1.15. The van der Waals surface area contributed by atoms with E-state index in [1.807, 2.05) is 13.8 Å². The van der Waals surface area contributed by atoms with Crippen LogP contribution in [-0.4, -0.2) is 11.9 Å². The molecule has 0 aliphatic carbocycles. The maximum atomic E-state index is 11.3. The van der Waals surface area contributed by atoms with E-state index in [2.05, 4.69) is 5.32 Å². The zero-order chi connectivity index (χ0) is 12.1. The lowest BCUT2D eigenvalue weighted by molar-refractivity contribution is -0.116. The van der Waals surface area contributed by atoms with Crippen LogP contribution in [0.5, 0.6) is 0 Å². The van der Waals surface area contributed by atoms with Gasteiger partial charge in [-0.15, -0.1) is 0 Å². The quantitative estimate of drug-likeness (QED) is 0.825. The van der Waals surface area contributed by atoms with Crippen molar-refractivity contribution in [1.82, 2.24) is 5.32 Å². The number of carbonyl (C=O) groups excluding carboxylic acids is 1. The Balaban J connectivity index is 2.77. The van der Waals surface area contributed by atoms with Gasteiger partial charge in [0.25, 0.3) is 0 Å². The monoisotopic (exact) mass is 257 g/mol. The van der Waals surface area contributed by atoms with Crippen molar-refractivity contribution in [2.24, 2.45) is 0 Å². The normalized spacial score (nSPS) is 11.1. The van der Waals surface area contributed by atoms with E-state index in [1.165, 1.54) is 6.08 Å². The lowest BCUT2D eigenvalue weighted by Crippen LogP contribution is -2.28. The number of halogens is 2. The molecule has 0 spiro atoms. The summed E-state index contributed by atoms with van der Waals surface area (Å²) in [4.78, 5) is 11.3. The number of hydrogen-bond donors (Lipinski definition) is 1. The molecule has 1 amide bonds. The third kappa shape index (κ3) is 3.87. The molecule has 86 valence electrons. The largest absolute Gasteiger partial charge is 0.350 e. The van der Waals surface area contributed by atoms with E-state index in [-0.39, 0.29) is 11.9 Å². The summed E-state index contributed by atoms with van der Waals surface area (Å²) < 4.78 is 0. The number of benzene rings is 1. The van der Waals surface area contributed by atoms with Crippen LogP contribution < -0.4 is 5.32 Å². The first-order valence-electron chi connectivity index (χ1n) is 4.93. The predicted octanol–water partition coefficient (Wildman–Crippen LogP) is 3.53. The molecular formula is C12H13Cl2NO. The van der Waals surface area contributed by atoms with Crippen molar-refractivity contribution in [1.29, 1.82) is 0 Å². The molecule has 1 aromatic carbocycles. The molecule has 16 heavy (non-hydrogen) atoms. The number of carbonyl (C=O) groups is 1. The highest BCUT2D eigenvalue weighted by Gasteiger charge is 2.02. The second kappa shape index (κ2) is 5.92. The zero-order valence-corrected chi connectivity index (χ0v) is 10.6. The summed E-state index contributed by atoms with van der Waals surface area (Å²) in [6.45, 7) is 3.80. The van der Waals surface area contributed by atoms with E-state index in [0.717, 1.165) is 5.56 Å². The SMILES string of the molecule is CC(C)NC(=O)C=Cc1cccc(Cl)c1Cl. The molecule has 1 N–H and O–H groups in total. The summed E-state index contributed by atoms with van der Waals surface area (Å²) in [6, 6.07) is 5.41. The minimum atomic E-state index is -0.147. The second-order valence-electron chi connectivity index (χ2n) is 3.64. The minimum Gasteiger partial charge on any atom is -0.350 e. The molecule has 0 fully saturated rings. The van der Waals surface area contributed by atoms with Crippen molar-refractivity contribution < 1.29 is 4.79 Å². The van der Waals surface area contributed by atoms with Gasteiger partial charge < -0.3 is 5.32 Å². The highest BCUT2D eigenvalue weighted by molar-refractivity contribution is 6.42. The highest BCUT2D eigenvalue weighted by Crippen LogP contribution is 2.26. The van der Waals surface area contributed by atoms with Gasteiger partial charge in [0.1, 0.15) is 0 Å². The van der Waals surface area contributed by atoms with Gasteiger partial charge in [-0.05, 0) is 31.6 Å². The molecule has 1 aromatic rings. The number of nitrogens with one attached hydrogen (secondary N) is 1. The first-order valence-corrected chi connectivity index (χ1v) is 5.69. The molecule has 0 aromatic heterocycles. The standard InChI is InChI=1S/C12H13Cl2NO/c1-8(2)15-11(16)7-6-9-4-3-5-10(13)12(9)14/h3-8H,1-2H3,(H,15,16). The second-order valence-corrected chi connectivity index (χ2v) is 4.42. The van der Waals surface area contributed by atoms with Crippen molar-refractivity contribution >= 4 is 35.2 Å². The summed E-state index contributed by atoms with van der Waals surface area (Å²) in [7, 11) is 0. The molecule has 0 aliphatic rings. The van der Waals surface area contributed by atoms with E-state index < -0.39 is 0 Å². The average molecular weight is 258 g/mol. The molecule has 0 aliphatic heterocycles. The number of hydrogen-bond acceptors (Lipinski definition) is 1. The van der Waals surface area contributed by atoms with Gasteiger partial charge in [-0.2, -0.15) is 0 Å². The molecule has 0 saturated carbocycles. The van der Waals surface area contributed by atoms with Crippen LogP contribution in [0.15, 0.2) is 24.3 Å². The Morgan fingerprint density at radius 2 is 2.06 bits per heavy atom. The third-order valence-corrected chi connectivity index (χ3v) is 2.66. The van der Waals surface area contributed by atoms with Crippen molar-refractivity contribution in [2.75, 3.05) is 0 Å². The Morgan fingerprint density at radius 1 is 1.38 bits per heavy atom. The van der Waals surface area contributed by atoms with E-state index in [9.17, 15) is 4.79 Å². The van der Waals surface area contributed by atoms with Crippen LogP contribution in [0.3, 0.4) is 0 Å². The molecule has 0 saturated heterocycles. The Hall–Kier alpha value is -0.990. The van der Waals surface area contributed by atoms with Crippen LogP contribution in [0.25, 0.3) is 6.08 Å². The summed E-state index contributed by atoms with van der Waals surface area (Å²) in [5.74, 6) is -0.147. The Morgan fingerprint density at radius 3 is 2.69 bits per heavy atom. The molecule has 0 unspecified atom stereocenters. The van der Waals surface area contributed by atoms with E-state index in [4.69, 9.17) is 23.2 Å². The first kappa shape index (κ1) is 13.1. The Bertz CT molecular complexity index is 413. The Kier molecular flexibility index (Phi) is 4.84. The molecule has 0 radical (unpaired) electrons. The lowest BCUT2D eigenvalue weighted by Gasteiger charge is -2.04. The van der Waals surface area contributed by atoms with Gasteiger partial charge in [-0.1, -0.05) is 35.3 Å². The summed E-state index contributed by atoms with van der Waals surface area (Å²) in [5.41, 5.74) is 0.730. The van der Waals surface area contributed by atoms with E-state index in [0.29, 0.717) is 10.0 Å². The van der Waals surface area contributed by atoms with Gasteiger partial charge in [0.15, 0.2) is 0 Å². The van der Waals surface area contributed by atoms with Gasteiger partial charge in [0.2, 0.25) is 5.91 Å². The topological polar surface area (TPSA) is 29.1 Å². The third-order valence-electron chi connectivity index (χ3n) is 1.83. The van der Waals surface area contributed by atoms with Crippen molar-refractivity contribution in [3.63, 3.8) is 0 Å². The lowest BCUT2D eigenvalue weighted by atomic mass is 10.2. The highest BCUT2D eigenvalue weighted by atomic mass is 35.5. The summed E-state index contributed by atoms with van der Waals surface area (Å²) in [5, 5.41) is 3.68. The van der Waals surface area contributed by atoms with Crippen LogP contribution in [-0.2, 0) is 4.79 Å². The maximum Gasteiger partial charge on any atom is 0.244 e. The van der Waals surface area contributed by atoms with Crippen LogP contribution in [0.4, 0.5) is 0 Å². The molecule has 0 bridgehead atoms. The van der Waals surface area contributed by atoms with Gasteiger partial charge >= 0.3 is 0 Å². The fourth-order valence-corrected chi connectivity index (χ4v) is 1.52. The van der Waals surface area contributed by atoms with E-state index >= 15 is 0 Å². The van der Waals surface area contributed by atoms with Crippen molar-refractivity contribution in [3.8, 4) is 0 Å². The van der Waals surface area contributed by atoms with Crippen molar-refractivity contribution in [2.45, 2.75) is 19.9 Å². The van der Waals surface area contributed by atoms with Crippen LogP contribution in [0.1, 0.15) is 19.4 Å². The van der Waals surface area contributed by atoms with Gasteiger partial charge in [0.05, 0.1) is 10.0 Å². The molecule has 0 heterocycles. The Labute approximate surface area is 105 Å². The van der Waals surface area contributed by atoms with Gasteiger partial charge in [-0.3, -0.25) is 4.79 Å². The molecule has 1 rings (SSSR count). The summed E-state index contributed by atoms with van der Waals surface area (Å²) in [6.07, 6.45) is 3.09. The molecule has 0 atom stereocenters. The van der Waals surface area contributed by atoms with Gasteiger partial charge in [-0.25, -0.2) is 0 Å². The predicted molar refractivity (Wildman–Crippen MR) is 68.8 cm³/mol. The van der Waals surface area contributed by atoms with Crippen LogP contribution in [0, 0.1) is 0 Å². The summed E-state index contributed by atoms with van der Waals surface area (Å²) >= 11 is 11.8. The smallest absolute Gasteiger partial charge is 0.244 e. The number of rotatable bonds is 3. The molecular weight excluding hydrogens is 245 g/mol. The van der Waals surface area contributed by atoms with Crippen molar-refractivity contribution in [3.05, 3.63) is 39.9 Å². The fraction of sp³-hybridized carbons (Fsp3) is 0.250. The average Bonchev–Trinajstić information content (AvgIpc) is 2.19. The molecule has 2 nitrogen and oxygen atoms in total. The van der Waals surface area contributed by atoms with E-state index in [1.54, 1.807) is 24.3 Å². The first-order chi connectivity index (χ1) is 7.50. The minimum absolute atomic E-state index is 0.118.